The highest BCUT2D eigenvalue weighted by atomic mass is 16.5. The SMILES string of the molecule is CC1CNCCCN(c2ccc3c(c2)OCCCO3)C1. The first-order chi connectivity index (χ1) is 9.83. The summed E-state index contributed by atoms with van der Waals surface area (Å²) in [5.41, 5.74) is 1.25. The summed E-state index contributed by atoms with van der Waals surface area (Å²) in [4.78, 5) is 2.47. The number of rotatable bonds is 1. The van der Waals surface area contributed by atoms with Crippen molar-refractivity contribution in [1.29, 1.82) is 0 Å². The average Bonchev–Trinajstić information content (AvgIpc) is 2.67. The molecule has 0 spiro atoms. The van der Waals surface area contributed by atoms with Crippen molar-refractivity contribution in [3.8, 4) is 11.5 Å². The van der Waals surface area contributed by atoms with Crippen LogP contribution in [0.25, 0.3) is 0 Å². The van der Waals surface area contributed by atoms with Crippen LogP contribution in [0, 0.1) is 5.92 Å². The first-order valence-electron chi connectivity index (χ1n) is 7.68. The number of hydrogen-bond donors (Lipinski definition) is 1. The molecule has 4 nitrogen and oxygen atoms in total. The van der Waals surface area contributed by atoms with Gasteiger partial charge in [0.25, 0.3) is 0 Å². The van der Waals surface area contributed by atoms with Crippen LogP contribution in [0.15, 0.2) is 18.2 Å². The van der Waals surface area contributed by atoms with E-state index in [0.29, 0.717) is 5.92 Å². The van der Waals surface area contributed by atoms with Crippen molar-refractivity contribution in [2.45, 2.75) is 19.8 Å². The van der Waals surface area contributed by atoms with E-state index in [2.05, 4.69) is 35.3 Å². The minimum Gasteiger partial charge on any atom is -0.490 e. The molecule has 0 aromatic heterocycles. The van der Waals surface area contributed by atoms with Crippen LogP contribution >= 0.6 is 0 Å². The molecular formula is C16H24N2O2. The number of nitrogens with one attached hydrogen (secondary N) is 1. The lowest BCUT2D eigenvalue weighted by Gasteiger charge is -2.31. The number of benzene rings is 1. The molecule has 1 atom stereocenters. The van der Waals surface area contributed by atoms with E-state index < -0.39 is 0 Å². The lowest BCUT2D eigenvalue weighted by atomic mass is 10.1. The molecule has 1 fully saturated rings. The highest BCUT2D eigenvalue weighted by Crippen LogP contribution is 2.34. The van der Waals surface area contributed by atoms with Gasteiger partial charge in [-0.1, -0.05) is 6.92 Å². The minimum absolute atomic E-state index is 0.659. The van der Waals surface area contributed by atoms with Gasteiger partial charge in [0.15, 0.2) is 11.5 Å². The molecule has 2 aliphatic heterocycles. The Bertz CT molecular complexity index is 450. The fraction of sp³-hybridized carbons (Fsp3) is 0.625. The molecule has 2 heterocycles. The van der Waals surface area contributed by atoms with Gasteiger partial charge in [-0.2, -0.15) is 0 Å². The van der Waals surface area contributed by atoms with E-state index in [1.165, 1.54) is 12.1 Å². The van der Waals surface area contributed by atoms with Gasteiger partial charge in [0.1, 0.15) is 0 Å². The maximum absolute atomic E-state index is 5.80. The molecule has 0 amide bonds. The Labute approximate surface area is 121 Å². The average molecular weight is 276 g/mol. The predicted octanol–water partition coefficient (Wildman–Crippen LogP) is 2.28. The van der Waals surface area contributed by atoms with Crippen molar-refractivity contribution in [2.75, 3.05) is 44.3 Å². The summed E-state index contributed by atoms with van der Waals surface area (Å²) >= 11 is 0. The van der Waals surface area contributed by atoms with Crippen molar-refractivity contribution in [2.24, 2.45) is 5.92 Å². The van der Waals surface area contributed by atoms with Crippen molar-refractivity contribution >= 4 is 5.69 Å². The van der Waals surface area contributed by atoms with Crippen LogP contribution < -0.4 is 19.7 Å². The normalized spacial score (nSPS) is 23.6. The molecule has 1 unspecified atom stereocenters. The predicted molar refractivity (Wildman–Crippen MR) is 80.9 cm³/mol. The number of hydrogen-bond acceptors (Lipinski definition) is 4. The third-order valence-electron chi connectivity index (χ3n) is 3.90. The number of anilines is 1. The second kappa shape index (κ2) is 6.35. The summed E-state index contributed by atoms with van der Waals surface area (Å²) in [5, 5.41) is 3.50. The van der Waals surface area contributed by atoms with Crippen LogP contribution in [0.1, 0.15) is 19.8 Å². The molecule has 1 saturated heterocycles. The molecule has 1 aromatic rings. The maximum atomic E-state index is 5.80. The quantitative estimate of drug-likeness (QED) is 0.853. The van der Waals surface area contributed by atoms with Crippen molar-refractivity contribution in [1.82, 2.24) is 5.32 Å². The number of ether oxygens (including phenoxy) is 2. The van der Waals surface area contributed by atoms with Crippen molar-refractivity contribution in [3.05, 3.63) is 18.2 Å². The first kappa shape index (κ1) is 13.6. The Kier molecular flexibility index (Phi) is 4.31. The molecule has 110 valence electrons. The molecule has 2 aliphatic rings. The van der Waals surface area contributed by atoms with Crippen LogP contribution in [0.2, 0.25) is 0 Å². The van der Waals surface area contributed by atoms with Gasteiger partial charge in [0, 0.05) is 31.3 Å². The van der Waals surface area contributed by atoms with E-state index in [1.807, 2.05) is 0 Å². The van der Waals surface area contributed by atoms with Gasteiger partial charge in [-0.15, -0.1) is 0 Å². The van der Waals surface area contributed by atoms with Crippen LogP contribution in [-0.4, -0.2) is 39.4 Å². The summed E-state index contributed by atoms with van der Waals surface area (Å²) in [6.07, 6.45) is 2.14. The van der Waals surface area contributed by atoms with Gasteiger partial charge in [-0.25, -0.2) is 0 Å². The van der Waals surface area contributed by atoms with Crippen LogP contribution in [0.5, 0.6) is 11.5 Å². The molecule has 0 saturated carbocycles. The third-order valence-corrected chi connectivity index (χ3v) is 3.90. The lowest BCUT2D eigenvalue weighted by Crippen LogP contribution is -2.38. The van der Waals surface area contributed by atoms with Crippen LogP contribution in [-0.2, 0) is 0 Å². The third kappa shape index (κ3) is 3.18. The molecule has 0 aliphatic carbocycles. The van der Waals surface area contributed by atoms with E-state index in [4.69, 9.17) is 9.47 Å². The maximum Gasteiger partial charge on any atom is 0.163 e. The second-order valence-electron chi connectivity index (χ2n) is 5.79. The number of fused-ring (bicyclic) bond motifs is 1. The summed E-state index contributed by atoms with van der Waals surface area (Å²) in [5.74, 6) is 2.44. The summed E-state index contributed by atoms with van der Waals surface area (Å²) in [6.45, 7) is 8.18. The smallest absolute Gasteiger partial charge is 0.163 e. The molecule has 1 aromatic carbocycles. The zero-order chi connectivity index (χ0) is 13.8. The second-order valence-corrected chi connectivity index (χ2v) is 5.79. The minimum atomic E-state index is 0.659. The van der Waals surface area contributed by atoms with Gasteiger partial charge in [-0.3, -0.25) is 0 Å². The monoisotopic (exact) mass is 276 g/mol. The Morgan fingerprint density at radius 1 is 1.15 bits per heavy atom. The van der Waals surface area contributed by atoms with E-state index >= 15 is 0 Å². The zero-order valence-electron chi connectivity index (χ0n) is 12.2. The Morgan fingerprint density at radius 2 is 2.00 bits per heavy atom. The van der Waals surface area contributed by atoms with E-state index in [1.54, 1.807) is 0 Å². The van der Waals surface area contributed by atoms with Crippen LogP contribution in [0.3, 0.4) is 0 Å². The van der Waals surface area contributed by atoms with Gasteiger partial charge in [0.2, 0.25) is 0 Å². The molecular weight excluding hydrogens is 252 g/mol. The molecule has 1 N–H and O–H groups in total. The first-order valence-corrected chi connectivity index (χ1v) is 7.68. The highest BCUT2D eigenvalue weighted by molar-refractivity contribution is 5.56. The lowest BCUT2D eigenvalue weighted by molar-refractivity contribution is 0.297. The highest BCUT2D eigenvalue weighted by Gasteiger charge is 2.17. The summed E-state index contributed by atoms with van der Waals surface area (Å²) < 4.78 is 11.5. The number of nitrogens with zero attached hydrogens (tertiary/aromatic N) is 1. The molecule has 0 radical (unpaired) electrons. The van der Waals surface area contributed by atoms with Gasteiger partial charge in [-0.05, 0) is 37.6 Å². The largest absolute Gasteiger partial charge is 0.490 e. The van der Waals surface area contributed by atoms with E-state index in [0.717, 1.165) is 57.3 Å². The van der Waals surface area contributed by atoms with Gasteiger partial charge < -0.3 is 19.7 Å². The Balaban J connectivity index is 1.79. The fourth-order valence-corrected chi connectivity index (χ4v) is 2.86. The van der Waals surface area contributed by atoms with Gasteiger partial charge in [0.05, 0.1) is 13.2 Å². The topological polar surface area (TPSA) is 33.7 Å². The van der Waals surface area contributed by atoms with Crippen LogP contribution in [0.4, 0.5) is 5.69 Å². The summed E-state index contributed by atoms with van der Waals surface area (Å²) in [7, 11) is 0. The molecule has 20 heavy (non-hydrogen) atoms. The van der Waals surface area contributed by atoms with E-state index in [-0.39, 0.29) is 0 Å². The Hall–Kier alpha value is -1.42. The summed E-state index contributed by atoms with van der Waals surface area (Å²) in [6, 6.07) is 6.36. The Morgan fingerprint density at radius 3 is 2.90 bits per heavy atom. The molecule has 3 rings (SSSR count). The fourth-order valence-electron chi connectivity index (χ4n) is 2.86. The van der Waals surface area contributed by atoms with E-state index in [9.17, 15) is 0 Å². The molecule has 0 bridgehead atoms. The zero-order valence-corrected chi connectivity index (χ0v) is 12.2. The molecule has 4 heteroatoms. The van der Waals surface area contributed by atoms with Gasteiger partial charge >= 0.3 is 0 Å². The standard InChI is InChI=1S/C16H24N2O2/c1-13-11-17-6-2-7-18(12-13)14-4-5-15-16(10-14)20-9-3-8-19-15/h4-5,10,13,17H,2-3,6-9,11-12H2,1H3. The van der Waals surface area contributed by atoms with Crippen molar-refractivity contribution in [3.63, 3.8) is 0 Å². The van der Waals surface area contributed by atoms with Crippen molar-refractivity contribution < 1.29 is 9.47 Å².